The Labute approximate surface area is 144 Å². The molecule has 0 aromatic heterocycles. The van der Waals surface area contributed by atoms with Crippen LogP contribution in [0.1, 0.15) is 13.8 Å². The summed E-state index contributed by atoms with van der Waals surface area (Å²) in [5.74, 6) is 0.566. The number of anilines is 2. The van der Waals surface area contributed by atoms with Crippen LogP contribution in [0.15, 0.2) is 54.6 Å². The van der Waals surface area contributed by atoms with Gasteiger partial charge in [-0.05, 0) is 50.2 Å². The molecule has 2 aromatic carbocycles. The van der Waals surface area contributed by atoms with Crippen molar-refractivity contribution in [3.8, 4) is 5.75 Å². The number of hydrogen-bond acceptors (Lipinski definition) is 4. The van der Waals surface area contributed by atoms with Crippen LogP contribution in [-0.4, -0.2) is 33.9 Å². The Morgan fingerprint density at radius 1 is 0.958 bits per heavy atom. The fourth-order valence-electron chi connectivity index (χ4n) is 2.35. The first-order valence-corrected chi connectivity index (χ1v) is 9.72. The third-order valence-electron chi connectivity index (χ3n) is 3.63. The Kier molecular flexibility index (Phi) is 6.49. The molecule has 0 bridgehead atoms. The lowest BCUT2D eigenvalue weighted by Crippen LogP contribution is -2.22. The minimum atomic E-state index is -3.44. The maximum absolute atomic E-state index is 12.1. The first-order chi connectivity index (χ1) is 11.5. The van der Waals surface area contributed by atoms with Gasteiger partial charge in [-0.25, -0.2) is 8.42 Å². The second kappa shape index (κ2) is 8.59. The van der Waals surface area contributed by atoms with E-state index >= 15 is 0 Å². The lowest BCUT2D eigenvalue weighted by atomic mass is 10.2. The van der Waals surface area contributed by atoms with Crippen molar-refractivity contribution in [3.63, 3.8) is 0 Å². The maximum atomic E-state index is 12.1. The van der Waals surface area contributed by atoms with Crippen LogP contribution in [0.5, 0.6) is 5.75 Å². The monoisotopic (exact) mass is 348 g/mol. The van der Waals surface area contributed by atoms with Crippen molar-refractivity contribution in [2.45, 2.75) is 13.8 Å². The van der Waals surface area contributed by atoms with Gasteiger partial charge >= 0.3 is 0 Å². The lowest BCUT2D eigenvalue weighted by molar-refractivity contribution is 0.341. The number of para-hydroxylation sites is 1. The SMILES string of the molecule is CCN(CC)c1ccc(NS(=O)(=O)CCOc2ccccc2)cc1. The zero-order valence-electron chi connectivity index (χ0n) is 14.1. The van der Waals surface area contributed by atoms with Gasteiger partial charge in [-0.3, -0.25) is 4.72 Å². The zero-order valence-corrected chi connectivity index (χ0v) is 14.9. The average Bonchev–Trinajstić information content (AvgIpc) is 2.58. The van der Waals surface area contributed by atoms with Gasteiger partial charge in [-0.1, -0.05) is 18.2 Å². The van der Waals surface area contributed by atoms with Gasteiger partial charge < -0.3 is 9.64 Å². The second-order valence-corrected chi connectivity index (χ2v) is 7.14. The van der Waals surface area contributed by atoms with Crippen molar-refractivity contribution in [2.75, 3.05) is 35.1 Å². The molecule has 0 heterocycles. The van der Waals surface area contributed by atoms with Crippen LogP contribution < -0.4 is 14.4 Å². The highest BCUT2D eigenvalue weighted by molar-refractivity contribution is 7.92. The summed E-state index contributed by atoms with van der Waals surface area (Å²) in [6, 6.07) is 16.6. The number of benzene rings is 2. The molecular weight excluding hydrogens is 324 g/mol. The van der Waals surface area contributed by atoms with Gasteiger partial charge in [-0.15, -0.1) is 0 Å². The molecule has 24 heavy (non-hydrogen) atoms. The fourth-order valence-corrected chi connectivity index (χ4v) is 3.25. The Hall–Kier alpha value is -2.21. The summed E-state index contributed by atoms with van der Waals surface area (Å²) in [5, 5.41) is 0. The molecule has 0 radical (unpaired) electrons. The highest BCUT2D eigenvalue weighted by atomic mass is 32.2. The van der Waals surface area contributed by atoms with E-state index in [-0.39, 0.29) is 12.4 Å². The predicted molar refractivity (Wildman–Crippen MR) is 99.3 cm³/mol. The van der Waals surface area contributed by atoms with Gasteiger partial charge in [-0.2, -0.15) is 0 Å². The molecule has 0 fully saturated rings. The summed E-state index contributed by atoms with van der Waals surface area (Å²) in [4.78, 5) is 2.20. The third kappa shape index (κ3) is 5.45. The summed E-state index contributed by atoms with van der Waals surface area (Å²) in [5.41, 5.74) is 1.64. The molecule has 130 valence electrons. The molecule has 0 saturated heterocycles. The van der Waals surface area contributed by atoms with Crippen LogP contribution in [0.4, 0.5) is 11.4 Å². The van der Waals surface area contributed by atoms with E-state index in [0.29, 0.717) is 11.4 Å². The van der Waals surface area contributed by atoms with E-state index in [9.17, 15) is 8.42 Å². The van der Waals surface area contributed by atoms with E-state index in [1.54, 1.807) is 24.3 Å². The van der Waals surface area contributed by atoms with Crippen molar-refractivity contribution in [2.24, 2.45) is 0 Å². The van der Waals surface area contributed by atoms with Crippen LogP contribution >= 0.6 is 0 Å². The molecule has 5 nitrogen and oxygen atoms in total. The Morgan fingerprint density at radius 2 is 1.58 bits per heavy atom. The average molecular weight is 348 g/mol. The van der Waals surface area contributed by atoms with Gasteiger partial charge in [0.25, 0.3) is 0 Å². The Bertz CT molecular complexity index is 712. The standard InChI is InChI=1S/C18H24N2O3S/c1-3-20(4-2)17-12-10-16(11-13-17)19-24(21,22)15-14-23-18-8-6-5-7-9-18/h5-13,19H,3-4,14-15H2,1-2H3. The number of sulfonamides is 1. The van der Waals surface area contributed by atoms with E-state index in [1.165, 1.54) is 0 Å². The Morgan fingerprint density at radius 3 is 2.17 bits per heavy atom. The summed E-state index contributed by atoms with van der Waals surface area (Å²) in [7, 11) is -3.44. The molecule has 0 atom stereocenters. The van der Waals surface area contributed by atoms with Crippen molar-refractivity contribution >= 4 is 21.4 Å². The largest absolute Gasteiger partial charge is 0.492 e. The van der Waals surface area contributed by atoms with Crippen molar-refractivity contribution in [1.82, 2.24) is 0 Å². The molecule has 0 aliphatic heterocycles. The molecule has 0 amide bonds. The van der Waals surface area contributed by atoms with Crippen LogP contribution in [0, 0.1) is 0 Å². The number of rotatable bonds is 9. The van der Waals surface area contributed by atoms with Gasteiger partial charge in [0, 0.05) is 24.5 Å². The maximum Gasteiger partial charge on any atom is 0.236 e. The molecule has 0 saturated carbocycles. The number of nitrogens with zero attached hydrogens (tertiary/aromatic N) is 1. The smallest absolute Gasteiger partial charge is 0.236 e. The van der Waals surface area contributed by atoms with Crippen LogP contribution in [0.25, 0.3) is 0 Å². The number of hydrogen-bond donors (Lipinski definition) is 1. The number of ether oxygens (including phenoxy) is 1. The lowest BCUT2D eigenvalue weighted by Gasteiger charge is -2.21. The van der Waals surface area contributed by atoms with E-state index in [4.69, 9.17) is 4.74 Å². The van der Waals surface area contributed by atoms with E-state index in [2.05, 4.69) is 23.5 Å². The fraction of sp³-hybridized carbons (Fsp3) is 0.333. The van der Waals surface area contributed by atoms with E-state index in [1.807, 2.05) is 30.3 Å². The van der Waals surface area contributed by atoms with E-state index in [0.717, 1.165) is 18.8 Å². The summed E-state index contributed by atoms with van der Waals surface area (Å²) >= 11 is 0. The van der Waals surface area contributed by atoms with Gasteiger partial charge in [0.1, 0.15) is 18.1 Å². The molecule has 6 heteroatoms. The van der Waals surface area contributed by atoms with Crippen LogP contribution in [-0.2, 0) is 10.0 Å². The molecular formula is C18H24N2O3S. The third-order valence-corrected chi connectivity index (χ3v) is 4.88. The highest BCUT2D eigenvalue weighted by Crippen LogP contribution is 2.18. The first kappa shape index (κ1) is 18.1. The van der Waals surface area contributed by atoms with Gasteiger partial charge in [0.2, 0.25) is 10.0 Å². The molecule has 2 aromatic rings. The summed E-state index contributed by atoms with van der Waals surface area (Å²) in [6.45, 7) is 6.12. The number of nitrogens with one attached hydrogen (secondary N) is 1. The quantitative estimate of drug-likeness (QED) is 0.755. The first-order valence-electron chi connectivity index (χ1n) is 8.07. The normalized spacial score (nSPS) is 11.1. The van der Waals surface area contributed by atoms with Crippen LogP contribution in [0.2, 0.25) is 0 Å². The molecule has 0 aliphatic carbocycles. The van der Waals surface area contributed by atoms with Crippen molar-refractivity contribution in [1.29, 1.82) is 0 Å². The molecule has 2 rings (SSSR count). The molecule has 1 N–H and O–H groups in total. The van der Waals surface area contributed by atoms with E-state index < -0.39 is 10.0 Å². The predicted octanol–water partition coefficient (Wildman–Crippen LogP) is 3.35. The minimum absolute atomic E-state index is 0.0975. The Balaban J connectivity index is 1.89. The van der Waals surface area contributed by atoms with Crippen LogP contribution in [0.3, 0.4) is 0 Å². The topological polar surface area (TPSA) is 58.6 Å². The van der Waals surface area contributed by atoms with Crippen molar-refractivity contribution < 1.29 is 13.2 Å². The highest BCUT2D eigenvalue weighted by Gasteiger charge is 2.11. The van der Waals surface area contributed by atoms with Gasteiger partial charge in [0.05, 0.1) is 0 Å². The minimum Gasteiger partial charge on any atom is -0.492 e. The second-order valence-electron chi connectivity index (χ2n) is 5.30. The molecule has 0 aliphatic rings. The molecule has 0 spiro atoms. The van der Waals surface area contributed by atoms with Gasteiger partial charge in [0.15, 0.2) is 0 Å². The zero-order chi connectivity index (χ0) is 17.4. The summed E-state index contributed by atoms with van der Waals surface area (Å²) in [6.07, 6.45) is 0. The van der Waals surface area contributed by atoms with Crippen molar-refractivity contribution in [3.05, 3.63) is 54.6 Å². The summed E-state index contributed by atoms with van der Waals surface area (Å²) < 4.78 is 32.3. The molecule has 0 unspecified atom stereocenters.